The van der Waals surface area contributed by atoms with Gasteiger partial charge < -0.3 is 20.1 Å². The predicted octanol–water partition coefficient (Wildman–Crippen LogP) is 2.33. The molecule has 2 heterocycles. The summed E-state index contributed by atoms with van der Waals surface area (Å²) in [5.41, 5.74) is 1.31. The van der Waals surface area contributed by atoms with Crippen molar-refractivity contribution in [1.82, 2.24) is 5.32 Å². The largest absolute Gasteiger partial charge is 0.454 e. The zero-order valence-corrected chi connectivity index (χ0v) is 17.8. The van der Waals surface area contributed by atoms with Crippen LogP contribution >= 0.6 is 11.8 Å². The van der Waals surface area contributed by atoms with E-state index in [9.17, 15) is 18.0 Å². The minimum atomic E-state index is -3.67. The van der Waals surface area contributed by atoms with E-state index in [0.29, 0.717) is 17.2 Å². The highest BCUT2D eigenvalue weighted by Gasteiger charge is 2.25. The van der Waals surface area contributed by atoms with E-state index in [4.69, 9.17) is 9.47 Å². The van der Waals surface area contributed by atoms with Crippen molar-refractivity contribution in [2.75, 3.05) is 17.9 Å². The quantitative estimate of drug-likeness (QED) is 0.698. The summed E-state index contributed by atoms with van der Waals surface area (Å²) in [6.45, 7) is 2.22. The molecular formula is C20H20N2O6S2. The molecule has 1 atom stereocenters. The van der Waals surface area contributed by atoms with Crippen LogP contribution in [0.15, 0.2) is 46.2 Å². The molecule has 0 spiro atoms. The summed E-state index contributed by atoms with van der Waals surface area (Å²) in [7, 11) is -3.67. The molecule has 0 aromatic heterocycles. The van der Waals surface area contributed by atoms with Crippen LogP contribution in [0.3, 0.4) is 0 Å². The third-order valence-electron chi connectivity index (χ3n) is 4.77. The first-order valence-corrected chi connectivity index (χ1v) is 11.8. The molecule has 8 nitrogen and oxygen atoms in total. The van der Waals surface area contributed by atoms with E-state index >= 15 is 0 Å². The van der Waals surface area contributed by atoms with E-state index in [0.717, 1.165) is 10.5 Å². The van der Waals surface area contributed by atoms with Crippen molar-refractivity contribution >= 4 is 39.1 Å². The number of hydrogen-bond donors (Lipinski definition) is 2. The van der Waals surface area contributed by atoms with Gasteiger partial charge in [0.15, 0.2) is 21.3 Å². The number of benzene rings is 2. The number of rotatable bonds is 6. The lowest BCUT2D eigenvalue weighted by molar-refractivity contribution is -0.121. The maximum atomic E-state index is 12.6. The Hall–Kier alpha value is -2.72. The lowest BCUT2D eigenvalue weighted by Crippen LogP contribution is -2.27. The Morgan fingerprint density at radius 3 is 2.83 bits per heavy atom. The van der Waals surface area contributed by atoms with Gasteiger partial charge in [0.05, 0.1) is 21.6 Å². The molecular weight excluding hydrogens is 428 g/mol. The molecule has 2 aliphatic rings. The van der Waals surface area contributed by atoms with Crippen molar-refractivity contribution in [3.8, 4) is 11.5 Å². The molecule has 30 heavy (non-hydrogen) atoms. The van der Waals surface area contributed by atoms with Crippen LogP contribution in [0.25, 0.3) is 0 Å². The van der Waals surface area contributed by atoms with Gasteiger partial charge in [0.1, 0.15) is 0 Å². The third-order valence-corrected chi connectivity index (χ3v) is 7.66. The van der Waals surface area contributed by atoms with Gasteiger partial charge in [-0.2, -0.15) is 0 Å². The Balaban J connectivity index is 1.34. The Bertz CT molecular complexity index is 1120. The second-order valence-corrected chi connectivity index (χ2v) is 10.4. The van der Waals surface area contributed by atoms with Crippen molar-refractivity contribution in [2.24, 2.45) is 0 Å². The van der Waals surface area contributed by atoms with Gasteiger partial charge in [-0.05, 0) is 42.8 Å². The first kappa shape index (κ1) is 20.5. The number of carbonyl (C=O) groups is 2. The van der Waals surface area contributed by atoms with Crippen LogP contribution in [0, 0.1) is 0 Å². The van der Waals surface area contributed by atoms with Crippen LogP contribution in [-0.4, -0.2) is 38.0 Å². The normalized spacial score (nSPS) is 17.2. The number of amides is 2. The Morgan fingerprint density at radius 2 is 2.00 bits per heavy atom. The number of nitrogens with one attached hydrogen (secondary N) is 2. The molecule has 2 aromatic rings. The summed E-state index contributed by atoms with van der Waals surface area (Å²) in [6, 6.07) is 10.00. The van der Waals surface area contributed by atoms with Crippen LogP contribution in [0.4, 0.5) is 5.69 Å². The fourth-order valence-electron chi connectivity index (χ4n) is 3.07. The summed E-state index contributed by atoms with van der Waals surface area (Å²) < 4.78 is 35.8. The highest BCUT2D eigenvalue weighted by molar-refractivity contribution is 8.01. The molecule has 0 saturated heterocycles. The second kappa shape index (κ2) is 8.19. The SMILES string of the molecule is C[C@@H]1Sc2ccc(S(=O)(=O)CCC(=O)NCc3ccc4c(c3)OCO4)cc2NC1=O. The maximum absolute atomic E-state index is 12.6. The Kier molecular flexibility index (Phi) is 5.61. The molecule has 2 aromatic carbocycles. The summed E-state index contributed by atoms with van der Waals surface area (Å²) in [5, 5.41) is 5.21. The Labute approximate surface area is 178 Å². The van der Waals surface area contributed by atoms with Gasteiger partial charge in [-0.3, -0.25) is 9.59 Å². The molecule has 2 amide bonds. The molecule has 0 bridgehead atoms. The van der Waals surface area contributed by atoms with Crippen LogP contribution in [0.2, 0.25) is 0 Å². The molecule has 0 radical (unpaired) electrons. The molecule has 0 saturated carbocycles. The topological polar surface area (TPSA) is 111 Å². The molecule has 2 aliphatic heterocycles. The van der Waals surface area contributed by atoms with Crippen LogP contribution in [0.5, 0.6) is 11.5 Å². The first-order valence-electron chi connectivity index (χ1n) is 9.31. The summed E-state index contributed by atoms with van der Waals surface area (Å²) in [4.78, 5) is 24.9. The fraction of sp³-hybridized carbons (Fsp3) is 0.300. The highest BCUT2D eigenvalue weighted by atomic mass is 32.2. The van der Waals surface area contributed by atoms with Crippen LogP contribution < -0.4 is 20.1 Å². The molecule has 0 unspecified atom stereocenters. The van der Waals surface area contributed by atoms with Gasteiger partial charge in [-0.25, -0.2) is 8.42 Å². The number of ether oxygens (including phenoxy) is 2. The molecule has 158 valence electrons. The van der Waals surface area contributed by atoms with Gasteiger partial charge in [-0.1, -0.05) is 6.07 Å². The number of hydrogen-bond acceptors (Lipinski definition) is 7. The minimum absolute atomic E-state index is 0.0836. The number of thioether (sulfide) groups is 1. The number of carbonyl (C=O) groups excluding carboxylic acids is 2. The number of anilines is 1. The van der Waals surface area contributed by atoms with Crippen molar-refractivity contribution in [2.45, 2.75) is 34.9 Å². The van der Waals surface area contributed by atoms with E-state index in [1.807, 2.05) is 6.07 Å². The first-order chi connectivity index (χ1) is 14.3. The standard InChI is InChI=1S/C20H20N2O6S2/c1-12-20(24)22-15-9-14(3-5-18(15)29-12)30(25,26)7-6-19(23)21-10-13-2-4-16-17(8-13)28-11-27-16/h2-5,8-9,12H,6-7,10-11H2,1H3,(H,21,23)(H,22,24)/t12-/m0/s1. The van der Waals surface area contributed by atoms with Crippen molar-refractivity contribution in [3.05, 3.63) is 42.0 Å². The third kappa shape index (κ3) is 4.39. The molecule has 0 aliphatic carbocycles. The monoisotopic (exact) mass is 448 g/mol. The van der Waals surface area contributed by atoms with Crippen LogP contribution in [-0.2, 0) is 26.0 Å². The second-order valence-electron chi connectivity index (χ2n) is 6.94. The zero-order valence-electron chi connectivity index (χ0n) is 16.1. The lowest BCUT2D eigenvalue weighted by Gasteiger charge is -2.21. The summed E-state index contributed by atoms with van der Waals surface area (Å²) in [6.07, 6.45) is -0.165. The van der Waals surface area contributed by atoms with Gasteiger partial charge in [-0.15, -0.1) is 11.8 Å². The highest BCUT2D eigenvalue weighted by Crippen LogP contribution is 2.37. The Morgan fingerprint density at radius 1 is 1.20 bits per heavy atom. The average Bonchev–Trinajstić information content (AvgIpc) is 3.19. The van der Waals surface area contributed by atoms with Crippen molar-refractivity contribution < 1.29 is 27.5 Å². The van der Waals surface area contributed by atoms with Crippen molar-refractivity contribution in [3.63, 3.8) is 0 Å². The lowest BCUT2D eigenvalue weighted by atomic mass is 10.2. The predicted molar refractivity (Wildman–Crippen MR) is 111 cm³/mol. The zero-order chi connectivity index (χ0) is 21.3. The van der Waals surface area contributed by atoms with E-state index in [-0.39, 0.29) is 47.5 Å². The molecule has 4 rings (SSSR count). The molecule has 0 fully saturated rings. The van der Waals surface area contributed by atoms with Gasteiger partial charge in [0, 0.05) is 17.9 Å². The van der Waals surface area contributed by atoms with Gasteiger partial charge in [0.25, 0.3) is 0 Å². The molecule has 10 heteroatoms. The van der Waals surface area contributed by atoms with E-state index < -0.39 is 9.84 Å². The van der Waals surface area contributed by atoms with Gasteiger partial charge in [0.2, 0.25) is 18.6 Å². The average molecular weight is 449 g/mol. The number of sulfone groups is 1. The number of fused-ring (bicyclic) bond motifs is 2. The smallest absolute Gasteiger partial charge is 0.237 e. The van der Waals surface area contributed by atoms with E-state index in [1.54, 1.807) is 25.1 Å². The van der Waals surface area contributed by atoms with E-state index in [2.05, 4.69) is 10.6 Å². The fourth-order valence-corrected chi connectivity index (χ4v) is 5.26. The minimum Gasteiger partial charge on any atom is -0.454 e. The maximum Gasteiger partial charge on any atom is 0.237 e. The molecule has 2 N–H and O–H groups in total. The summed E-state index contributed by atoms with van der Waals surface area (Å²) >= 11 is 1.38. The summed E-state index contributed by atoms with van der Waals surface area (Å²) in [5.74, 6) is 0.425. The van der Waals surface area contributed by atoms with E-state index in [1.165, 1.54) is 23.9 Å². The van der Waals surface area contributed by atoms with Crippen LogP contribution in [0.1, 0.15) is 18.9 Å². The van der Waals surface area contributed by atoms with Crippen molar-refractivity contribution in [1.29, 1.82) is 0 Å². The van der Waals surface area contributed by atoms with Gasteiger partial charge >= 0.3 is 0 Å².